The van der Waals surface area contributed by atoms with E-state index in [0.717, 1.165) is 6.42 Å². The molecule has 1 amide bonds. The van der Waals surface area contributed by atoms with E-state index in [2.05, 4.69) is 15.6 Å². The molecule has 28 heavy (non-hydrogen) atoms. The Balaban J connectivity index is 0.00000392. The van der Waals surface area contributed by atoms with Crippen LogP contribution in [0.5, 0.6) is 0 Å². The zero-order valence-electron chi connectivity index (χ0n) is 16.1. The van der Waals surface area contributed by atoms with Gasteiger partial charge in [0.15, 0.2) is 5.96 Å². The average Bonchev–Trinajstić information content (AvgIpc) is 3.12. The van der Waals surface area contributed by atoms with Crippen LogP contribution in [0.2, 0.25) is 0 Å². The number of alkyl halides is 3. The fourth-order valence-corrected chi connectivity index (χ4v) is 3.72. The Hall–Kier alpha value is -1.04. The number of halogens is 4. The molecule has 0 aromatic carbocycles. The SMILES string of the molecule is CN(C)C(=O)CN=C(NCCc1cccs1)NC1CCCC(C(F)(F)F)C1.I. The third kappa shape index (κ3) is 8.54. The Morgan fingerprint density at radius 1 is 1.36 bits per heavy atom. The predicted octanol–water partition coefficient (Wildman–Crippen LogP) is 3.65. The zero-order valence-corrected chi connectivity index (χ0v) is 19.2. The molecule has 0 radical (unpaired) electrons. The maximum Gasteiger partial charge on any atom is 0.391 e. The van der Waals surface area contributed by atoms with Gasteiger partial charge >= 0.3 is 6.18 Å². The number of amides is 1. The Kier molecular flexibility index (Phi) is 10.6. The molecule has 1 aliphatic rings. The molecule has 2 atom stereocenters. The van der Waals surface area contributed by atoms with Gasteiger partial charge in [-0.05, 0) is 37.1 Å². The summed E-state index contributed by atoms with van der Waals surface area (Å²) in [6, 6.07) is 3.71. The highest BCUT2D eigenvalue weighted by Gasteiger charge is 2.42. The topological polar surface area (TPSA) is 56.7 Å². The van der Waals surface area contributed by atoms with Gasteiger partial charge in [-0.1, -0.05) is 12.5 Å². The first-order valence-corrected chi connectivity index (χ1v) is 9.97. The molecule has 10 heteroatoms. The van der Waals surface area contributed by atoms with E-state index in [1.165, 1.54) is 9.78 Å². The lowest BCUT2D eigenvalue weighted by Crippen LogP contribution is -2.47. The normalized spacial score (nSPS) is 20.2. The number of likely N-dealkylation sites (N-methyl/N-ethyl adjacent to an activating group) is 1. The number of nitrogens with zero attached hydrogens (tertiary/aromatic N) is 2. The Bertz CT molecular complexity index is 623. The number of carbonyl (C=O) groups excluding carboxylic acids is 1. The summed E-state index contributed by atoms with van der Waals surface area (Å²) in [5, 5.41) is 8.25. The fraction of sp³-hybridized carbons (Fsp3) is 0.667. The zero-order chi connectivity index (χ0) is 19.9. The largest absolute Gasteiger partial charge is 0.391 e. The molecule has 1 aromatic heterocycles. The van der Waals surface area contributed by atoms with Crippen molar-refractivity contribution in [2.45, 2.75) is 44.3 Å². The summed E-state index contributed by atoms with van der Waals surface area (Å²) in [4.78, 5) is 18.7. The first-order valence-electron chi connectivity index (χ1n) is 9.10. The molecule has 5 nitrogen and oxygen atoms in total. The van der Waals surface area contributed by atoms with Gasteiger partial charge in [0.1, 0.15) is 6.54 Å². The summed E-state index contributed by atoms with van der Waals surface area (Å²) in [6.07, 6.45) is -1.96. The van der Waals surface area contributed by atoms with E-state index in [4.69, 9.17) is 0 Å². The first-order chi connectivity index (χ1) is 12.8. The van der Waals surface area contributed by atoms with Crippen LogP contribution in [0.25, 0.3) is 0 Å². The van der Waals surface area contributed by atoms with Crippen LogP contribution in [-0.4, -0.2) is 56.2 Å². The molecule has 1 saturated carbocycles. The number of guanidine groups is 1. The number of thiophene rings is 1. The standard InChI is InChI=1S/C18H27F3N4OS.HI/c1-25(2)16(26)12-23-17(22-9-8-15-7-4-10-27-15)24-14-6-3-5-13(11-14)18(19,20)21;/h4,7,10,13-14H,3,5-6,8-9,11-12H2,1-2H3,(H2,22,23,24);1H. The second-order valence-electron chi connectivity index (χ2n) is 6.96. The summed E-state index contributed by atoms with van der Waals surface area (Å²) in [5.74, 6) is -1.04. The Morgan fingerprint density at radius 3 is 2.71 bits per heavy atom. The highest BCUT2D eigenvalue weighted by molar-refractivity contribution is 14.0. The van der Waals surface area contributed by atoms with Gasteiger partial charge in [0.2, 0.25) is 5.91 Å². The van der Waals surface area contributed by atoms with Crippen molar-refractivity contribution >= 4 is 47.2 Å². The van der Waals surface area contributed by atoms with Crippen molar-refractivity contribution in [2.24, 2.45) is 10.9 Å². The molecule has 160 valence electrons. The van der Waals surface area contributed by atoms with Crippen LogP contribution >= 0.6 is 35.3 Å². The van der Waals surface area contributed by atoms with Gasteiger partial charge in [-0.25, -0.2) is 4.99 Å². The van der Waals surface area contributed by atoms with Crippen LogP contribution in [-0.2, 0) is 11.2 Å². The number of carbonyl (C=O) groups is 1. The minimum atomic E-state index is -4.16. The molecule has 2 unspecified atom stereocenters. The lowest BCUT2D eigenvalue weighted by atomic mass is 9.85. The van der Waals surface area contributed by atoms with Gasteiger partial charge in [-0.3, -0.25) is 4.79 Å². The van der Waals surface area contributed by atoms with Gasteiger partial charge in [-0.2, -0.15) is 13.2 Å². The summed E-state index contributed by atoms with van der Waals surface area (Å²) in [6.45, 7) is 0.550. The summed E-state index contributed by atoms with van der Waals surface area (Å²) >= 11 is 1.65. The van der Waals surface area contributed by atoms with Crippen molar-refractivity contribution in [1.82, 2.24) is 15.5 Å². The summed E-state index contributed by atoms with van der Waals surface area (Å²) in [7, 11) is 3.29. The summed E-state index contributed by atoms with van der Waals surface area (Å²) < 4.78 is 39.1. The Labute approximate surface area is 185 Å². The van der Waals surface area contributed by atoms with E-state index in [1.807, 2.05) is 17.5 Å². The number of hydrogen-bond donors (Lipinski definition) is 2. The van der Waals surface area contributed by atoms with Gasteiger partial charge < -0.3 is 15.5 Å². The molecule has 0 spiro atoms. The van der Waals surface area contributed by atoms with Gasteiger partial charge in [0, 0.05) is 31.6 Å². The molecule has 1 fully saturated rings. The van der Waals surface area contributed by atoms with Crippen LogP contribution in [0.4, 0.5) is 13.2 Å². The molecule has 2 rings (SSSR count). The van der Waals surface area contributed by atoms with Crippen molar-refractivity contribution in [3.63, 3.8) is 0 Å². The van der Waals surface area contributed by atoms with Gasteiger partial charge in [0.25, 0.3) is 0 Å². The highest BCUT2D eigenvalue weighted by Crippen LogP contribution is 2.37. The monoisotopic (exact) mass is 532 g/mol. The predicted molar refractivity (Wildman–Crippen MR) is 117 cm³/mol. The highest BCUT2D eigenvalue weighted by atomic mass is 127. The van der Waals surface area contributed by atoms with Crippen LogP contribution in [0, 0.1) is 5.92 Å². The minimum absolute atomic E-state index is 0. The Morgan fingerprint density at radius 2 is 2.11 bits per heavy atom. The third-order valence-corrected chi connectivity index (χ3v) is 5.53. The molecular formula is C18H28F3IN4OS. The molecule has 0 aliphatic heterocycles. The van der Waals surface area contributed by atoms with Crippen LogP contribution < -0.4 is 10.6 Å². The average molecular weight is 532 g/mol. The second kappa shape index (κ2) is 11.8. The van der Waals surface area contributed by atoms with E-state index in [1.54, 1.807) is 25.4 Å². The molecule has 2 N–H and O–H groups in total. The molecule has 1 heterocycles. The van der Waals surface area contributed by atoms with Crippen molar-refractivity contribution < 1.29 is 18.0 Å². The molecule has 1 aliphatic carbocycles. The van der Waals surface area contributed by atoms with Crippen LogP contribution in [0.3, 0.4) is 0 Å². The third-order valence-electron chi connectivity index (χ3n) is 4.59. The quantitative estimate of drug-likeness (QED) is 0.334. The van der Waals surface area contributed by atoms with Crippen molar-refractivity contribution in [2.75, 3.05) is 27.2 Å². The number of aliphatic imine (C=N–C) groups is 1. The smallest absolute Gasteiger partial charge is 0.356 e. The van der Waals surface area contributed by atoms with Crippen molar-refractivity contribution in [3.05, 3.63) is 22.4 Å². The number of rotatable bonds is 6. The van der Waals surface area contributed by atoms with E-state index < -0.39 is 12.1 Å². The fourth-order valence-electron chi connectivity index (χ4n) is 3.01. The summed E-state index contributed by atoms with van der Waals surface area (Å²) in [5.41, 5.74) is 0. The second-order valence-corrected chi connectivity index (χ2v) is 7.99. The lowest BCUT2D eigenvalue weighted by Gasteiger charge is -2.32. The molecule has 0 bridgehead atoms. The van der Waals surface area contributed by atoms with E-state index in [0.29, 0.717) is 25.3 Å². The molecular weight excluding hydrogens is 504 g/mol. The molecule has 0 saturated heterocycles. The van der Waals surface area contributed by atoms with Crippen LogP contribution in [0.1, 0.15) is 30.6 Å². The van der Waals surface area contributed by atoms with E-state index in [9.17, 15) is 18.0 Å². The number of nitrogens with one attached hydrogen (secondary N) is 2. The lowest BCUT2D eigenvalue weighted by molar-refractivity contribution is -0.183. The van der Waals surface area contributed by atoms with Gasteiger partial charge in [-0.15, -0.1) is 35.3 Å². The van der Waals surface area contributed by atoms with E-state index in [-0.39, 0.29) is 55.3 Å². The molecule has 1 aromatic rings. The number of hydrogen-bond acceptors (Lipinski definition) is 3. The van der Waals surface area contributed by atoms with Gasteiger partial charge in [0.05, 0.1) is 5.92 Å². The maximum absolute atomic E-state index is 13.0. The maximum atomic E-state index is 13.0. The van der Waals surface area contributed by atoms with Crippen molar-refractivity contribution in [1.29, 1.82) is 0 Å². The van der Waals surface area contributed by atoms with Crippen LogP contribution in [0.15, 0.2) is 22.5 Å². The van der Waals surface area contributed by atoms with Crippen molar-refractivity contribution in [3.8, 4) is 0 Å². The van der Waals surface area contributed by atoms with E-state index >= 15 is 0 Å². The first kappa shape index (κ1) is 25.0. The minimum Gasteiger partial charge on any atom is -0.356 e.